The number of hydrogen-bond donors (Lipinski definition) is 1. The van der Waals surface area contributed by atoms with Crippen LogP contribution >= 0.6 is 11.6 Å². The number of benzene rings is 1. The van der Waals surface area contributed by atoms with E-state index < -0.39 is 0 Å². The average Bonchev–Trinajstić information content (AvgIpc) is 2.80. The molecule has 1 N–H and O–H groups in total. The predicted molar refractivity (Wildman–Crippen MR) is 61.1 cm³/mol. The van der Waals surface area contributed by atoms with Crippen molar-refractivity contribution in [2.24, 2.45) is 0 Å². The van der Waals surface area contributed by atoms with Crippen molar-refractivity contribution in [1.82, 2.24) is 15.5 Å². The summed E-state index contributed by atoms with van der Waals surface area (Å²) in [6.07, 6.45) is 1.95. The van der Waals surface area contributed by atoms with E-state index >= 15 is 0 Å². The molecule has 1 aromatic carbocycles. The summed E-state index contributed by atoms with van der Waals surface area (Å²) in [6.45, 7) is 0.993. The van der Waals surface area contributed by atoms with E-state index in [0.717, 1.165) is 0 Å². The van der Waals surface area contributed by atoms with E-state index in [0.29, 0.717) is 36.0 Å². The predicted octanol–water partition coefficient (Wildman–Crippen LogP) is 2.19. The monoisotopic (exact) mass is 255 g/mol. The molecule has 0 atom stereocenters. The zero-order valence-corrected chi connectivity index (χ0v) is 9.75. The highest BCUT2D eigenvalue weighted by Gasteiger charge is 2.06. The largest absolute Gasteiger partial charge is 0.340 e. The minimum Gasteiger partial charge on any atom is -0.340 e. The van der Waals surface area contributed by atoms with Gasteiger partial charge in [0, 0.05) is 30.1 Å². The van der Waals surface area contributed by atoms with Crippen LogP contribution in [0.4, 0.5) is 4.39 Å². The lowest BCUT2D eigenvalue weighted by Crippen LogP contribution is -2.17. The molecule has 4 nitrogen and oxygen atoms in total. The Labute approximate surface area is 103 Å². The van der Waals surface area contributed by atoms with Crippen LogP contribution in [0.2, 0.25) is 5.02 Å². The van der Waals surface area contributed by atoms with E-state index in [4.69, 9.17) is 16.1 Å². The maximum Gasteiger partial charge on any atom is 0.227 e. The fourth-order valence-electron chi connectivity index (χ4n) is 1.42. The second-order valence-electron chi connectivity index (χ2n) is 3.46. The number of nitrogens with zero attached hydrogens (tertiary/aromatic N) is 2. The highest BCUT2D eigenvalue weighted by Crippen LogP contribution is 2.18. The molecule has 0 aliphatic carbocycles. The van der Waals surface area contributed by atoms with Gasteiger partial charge >= 0.3 is 0 Å². The topological polar surface area (TPSA) is 51.0 Å². The summed E-state index contributed by atoms with van der Waals surface area (Å²) in [7, 11) is 0. The van der Waals surface area contributed by atoms with Gasteiger partial charge in [0.2, 0.25) is 5.89 Å². The summed E-state index contributed by atoms with van der Waals surface area (Å²) in [5.41, 5.74) is 0.472. The van der Waals surface area contributed by atoms with Crippen molar-refractivity contribution >= 4 is 11.6 Å². The molecular weight excluding hydrogens is 245 g/mol. The minimum atomic E-state index is -0.303. The number of nitrogens with one attached hydrogen (secondary N) is 1. The third-order valence-corrected chi connectivity index (χ3v) is 2.64. The first-order valence-corrected chi connectivity index (χ1v) is 5.54. The fourth-order valence-corrected chi connectivity index (χ4v) is 1.65. The van der Waals surface area contributed by atoms with Gasteiger partial charge in [-0.1, -0.05) is 22.8 Å². The summed E-state index contributed by atoms with van der Waals surface area (Å²) >= 11 is 5.89. The van der Waals surface area contributed by atoms with Gasteiger partial charge in [-0.25, -0.2) is 4.39 Å². The molecule has 2 aromatic rings. The lowest BCUT2D eigenvalue weighted by atomic mass is 10.2. The first-order chi connectivity index (χ1) is 8.27. The fraction of sp³-hybridized carbons (Fsp3) is 0.273. The van der Waals surface area contributed by atoms with Gasteiger partial charge in [0.1, 0.15) is 5.82 Å². The number of rotatable bonds is 5. The van der Waals surface area contributed by atoms with Crippen LogP contribution in [0.25, 0.3) is 0 Å². The van der Waals surface area contributed by atoms with Crippen LogP contribution in [0.1, 0.15) is 11.5 Å². The Morgan fingerprint density at radius 1 is 1.41 bits per heavy atom. The molecule has 0 bridgehead atoms. The van der Waals surface area contributed by atoms with Crippen molar-refractivity contribution in [2.45, 2.75) is 13.0 Å². The van der Waals surface area contributed by atoms with Gasteiger partial charge in [-0.2, -0.15) is 4.98 Å². The van der Waals surface area contributed by atoms with Crippen LogP contribution in [0.3, 0.4) is 0 Å². The van der Waals surface area contributed by atoms with Crippen molar-refractivity contribution < 1.29 is 8.91 Å². The van der Waals surface area contributed by atoms with E-state index in [-0.39, 0.29) is 5.82 Å². The molecule has 6 heteroatoms. The van der Waals surface area contributed by atoms with Gasteiger partial charge in [-0.05, 0) is 12.1 Å². The number of hydrogen-bond acceptors (Lipinski definition) is 4. The quantitative estimate of drug-likeness (QED) is 0.832. The molecule has 0 radical (unpaired) electrons. The van der Waals surface area contributed by atoms with Gasteiger partial charge in [0.05, 0.1) is 0 Å². The number of halogens is 2. The molecule has 1 heterocycles. The van der Waals surface area contributed by atoms with E-state index in [1.807, 2.05) is 0 Å². The molecule has 0 aliphatic rings. The molecule has 17 heavy (non-hydrogen) atoms. The van der Waals surface area contributed by atoms with E-state index in [1.165, 1.54) is 12.4 Å². The lowest BCUT2D eigenvalue weighted by Gasteiger charge is -2.06. The Hall–Kier alpha value is -1.46. The van der Waals surface area contributed by atoms with Crippen molar-refractivity contribution in [1.29, 1.82) is 0 Å². The molecule has 1 aromatic heterocycles. The maximum atomic E-state index is 13.4. The Morgan fingerprint density at radius 2 is 2.29 bits per heavy atom. The second kappa shape index (κ2) is 5.75. The SMILES string of the molecule is Fc1cccc(Cl)c1CNCCc1ncno1. The third-order valence-electron chi connectivity index (χ3n) is 2.29. The molecule has 0 amide bonds. The van der Waals surface area contributed by atoms with E-state index in [1.54, 1.807) is 12.1 Å². The molecule has 0 fully saturated rings. The Balaban J connectivity index is 1.82. The Bertz CT molecular complexity index is 455. The minimum absolute atomic E-state index is 0.303. The molecule has 0 unspecified atom stereocenters. The van der Waals surface area contributed by atoms with Gasteiger partial charge in [0.15, 0.2) is 6.33 Å². The normalized spacial score (nSPS) is 10.7. The van der Waals surface area contributed by atoms with Crippen LogP contribution in [0.15, 0.2) is 29.0 Å². The van der Waals surface area contributed by atoms with Crippen molar-refractivity contribution in [3.63, 3.8) is 0 Å². The highest BCUT2D eigenvalue weighted by molar-refractivity contribution is 6.31. The zero-order chi connectivity index (χ0) is 12.1. The molecular formula is C11H11ClFN3O. The average molecular weight is 256 g/mol. The van der Waals surface area contributed by atoms with Crippen LogP contribution in [0, 0.1) is 5.82 Å². The summed E-state index contributed by atoms with van der Waals surface area (Å²) in [5, 5.41) is 6.99. The standard InChI is InChI=1S/C11H11ClFN3O/c12-9-2-1-3-10(13)8(9)6-14-5-4-11-15-7-16-17-11/h1-3,7,14H,4-6H2. The molecule has 0 spiro atoms. The van der Waals surface area contributed by atoms with Crippen LogP contribution in [-0.2, 0) is 13.0 Å². The first kappa shape index (κ1) is 12.0. The van der Waals surface area contributed by atoms with Crippen molar-refractivity contribution in [3.8, 4) is 0 Å². The second-order valence-corrected chi connectivity index (χ2v) is 3.87. The van der Waals surface area contributed by atoms with Gasteiger partial charge in [-0.3, -0.25) is 0 Å². The molecule has 90 valence electrons. The Morgan fingerprint density at radius 3 is 3.00 bits per heavy atom. The van der Waals surface area contributed by atoms with Crippen molar-refractivity contribution in [2.75, 3.05) is 6.54 Å². The summed E-state index contributed by atoms with van der Waals surface area (Å²) in [5.74, 6) is 0.250. The van der Waals surface area contributed by atoms with Crippen LogP contribution in [0.5, 0.6) is 0 Å². The smallest absolute Gasteiger partial charge is 0.227 e. The van der Waals surface area contributed by atoms with Gasteiger partial charge in [0.25, 0.3) is 0 Å². The van der Waals surface area contributed by atoms with Gasteiger partial charge in [-0.15, -0.1) is 0 Å². The van der Waals surface area contributed by atoms with Crippen molar-refractivity contribution in [3.05, 3.63) is 46.8 Å². The van der Waals surface area contributed by atoms with Gasteiger partial charge < -0.3 is 9.84 Å². The summed E-state index contributed by atoms with van der Waals surface area (Å²) < 4.78 is 18.2. The molecule has 0 saturated heterocycles. The first-order valence-electron chi connectivity index (χ1n) is 5.16. The molecule has 0 saturated carbocycles. The summed E-state index contributed by atoms with van der Waals surface area (Å²) in [4.78, 5) is 3.88. The highest BCUT2D eigenvalue weighted by atomic mass is 35.5. The molecule has 2 rings (SSSR count). The summed E-state index contributed by atoms with van der Waals surface area (Å²) in [6, 6.07) is 4.64. The lowest BCUT2D eigenvalue weighted by molar-refractivity contribution is 0.374. The third kappa shape index (κ3) is 3.25. The Kier molecular flexibility index (Phi) is 4.06. The zero-order valence-electron chi connectivity index (χ0n) is 8.99. The van der Waals surface area contributed by atoms with Crippen LogP contribution < -0.4 is 5.32 Å². The van der Waals surface area contributed by atoms with Crippen LogP contribution in [-0.4, -0.2) is 16.7 Å². The van der Waals surface area contributed by atoms with E-state index in [9.17, 15) is 4.39 Å². The maximum absolute atomic E-state index is 13.4. The van der Waals surface area contributed by atoms with E-state index in [2.05, 4.69) is 15.5 Å². The molecule has 0 aliphatic heterocycles. The number of aromatic nitrogens is 2.